The van der Waals surface area contributed by atoms with E-state index in [1.54, 1.807) is 18.2 Å². The van der Waals surface area contributed by atoms with Crippen molar-refractivity contribution in [1.82, 2.24) is 19.2 Å². The molecule has 0 amide bonds. The molecule has 2 aromatic carbocycles. The van der Waals surface area contributed by atoms with Gasteiger partial charge in [0, 0.05) is 53.2 Å². The molecule has 4 aromatic rings. The van der Waals surface area contributed by atoms with E-state index in [1.165, 1.54) is 10.7 Å². The molecule has 7 nitrogen and oxygen atoms in total. The molecule has 0 aliphatic heterocycles. The van der Waals surface area contributed by atoms with Crippen LogP contribution < -0.4 is 10.9 Å². The van der Waals surface area contributed by atoms with Crippen molar-refractivity contribution in [2.45, 2.75) is 103 Å². The monoisotopic (exact) mass is 674 g/mol. The fourth-order valence-electron chi connectivity index (χ4n) is 6.68. The van der Waals surface area contributed by atoms with Crippen molar-refractivity contribution in [3.05, 3.63) is 75.2 Å². The van der Waals surface area contributed by atoms with Crippen LogP contribution in [0.4, 0.5) is 13.2 Å². The Bertz CT molecular complexity index is 1790. The van der Waals surface area contributed by atoms with E-state index in [0.29, 0.717) is 35.9 Å². The number of pyridine rings is 1. The smallest absolute Gasteiger partial charge is 0.344 e. The third-order valence-corrected chi connectivity index (χ3v) is 11.2. The second-order valence-electron chi connectivity index (χ2n) is 12.2. The largest absolute Gasteiger partial charge is 0.417 e. The molecule has 47 heavy (non-hydrogen) atoms. The number of unbranched alkanes of at least 4 members (excludes halogenated alkanes) is 6. The van der Waals surface area contributed by atoms with Crippen LogP contribution in [0.25, 0.3) is 21.8 Å². The van der Waals surface area contributed by atoms with Crippen molar-refractivity contribution >= 4 is 31.8 Å². The highest BCUT2D eigenvalue weighted by Crippen LogP contribution is 2.39. The summed E-state index contributed by atoms with van der Waals surface area (Å²) >= 11 is 0. The summed E-state index contributed by atoms with van der Waals surface area (Å²) in [6.45, 7) is 11.1. The minimum Gasteiger partial charge on any atom is -0.344 e. The predicted octanol–water partition coefficient (Wildman–Crippen LogP) is 7.97. The van der Waals surface area contributed by atoms with Gasteiger partial charge >= 0.3 is 6.18 Å². The van der Waals surface area contributed by atoms with Gasteiger partial charge in [0.1, 0.15) is 0 Å². The second kappa shape index (κ2) is 16.3. The molecule has 0 spiro atoms. The Kier molecular flexibility index (Phi) is 12.7. The third kappa shape index (κ3) is 8.66. The number of nitrogens with one attached hydrogen (secondary N) is 2. The molecule has 0 aliphatic carbocycles. The van der Waals surface area contributed by atoms with Crippen molar-refractivity contribution < 1.29 is 21.6 Å². The van der Waals surface area contributed by atoms with Crippen molar-refractivity contribution in [3.8, 4) is 0 Å². The molecule has 0 fully saturated rings. The number of rotatable bonds is 18. The average Bonchev–Trinajstić information content (AvgIpc) is 3.31. The van der Waals surface area contributed by atoms with Crippen molar-refractivity contribution in [1.29, 1.82) is 0 Å². The van der Waals surface area contributed by atoms with E-state index >= 15 is 0 Å². The lowest BCUT2D eigenvalue weighted by atomic mass is 10.0. The van der Waals surface area contributed by atoms with Crippen molar-refractivity contribution in [2.24, 2.45) is 0 Å². The Labute approximate surface area is 276 Å². The van der Waals surface area contributed by atoms with E-state index in [2.05, 4.69) is 14.9 Å². The number of sulfonamides is 1. The normalized spacial score (nSPS) is 12.6. The van der Waals surface area contributed by atoms with Gasteiger partial charge in [-0.15, -0.1) is 0 Å². The summed E-state index contributed by atoms with van der Waals surface area (Å²) in [5.41, 5.74) is 2.37. The van der Waals surface area contributed by atoms with Gasteiger partial charge in [-0.1, -0.05) is 65.0 Å². The zero-order valence-electron chi connectivity index (χ0n) is 28.1. The van der Waals surface area contributed by atoms with Gasteiger partial charge in [0.15, 0.2) is 0 Å². The topological polar surface area (TPSA) is 87.2 Å². The number of halogens is 3. The highest BCUT2D eigenvalue weighted by molar-refractivity contribution is 7.89. The number of aromatic amines is 1. The van der Waals surface area contributed by atoms with Crippen LogP contribution in [0.5, 0.6) is 0 Å². The molecular weight excluding hydrogens is 625 g/mol. The SMILES string of the molecule is CCc1c(C)c2c3c(C(F)(F)F)cc(=O)[nH]c3ccc2n1CCCCCCCCCNCCc1ccc(S(=O)(=O)N(CC)CC)cc1. The molecule has 258 valence electrons. The minimum atomic E-state index is -4.62. The molecule has 0 atom stereocenters. The number of hydrogen-bond acceptors (Lipinski definition) is 4. The highest BCUT2D eigenvalue weighted by atomic mass is 32.2. The molecule has 2 heterocycles. The number of alkyl halides is 3. The number of aryl methyl sites for hydroxylation is 2. The summed E-state index contributed by atoms with van der Waals surface area (Å²) in [5.74, 6) is 0. The Hall–Kier alpha value is -3.15. The fourth-order valence-corrected chi connectivity index (χ4v) is 8.14. The molecule has 0 aliphatic rings. The predicted molar refractivity (Wildman–Crippen MR) is 185 cm³/mol. The summed E-state index contributed by atoms with van der Waals surface area (Å²) in [6.07, 6.45) is 4.66. The molecule has 4 rings (SSSR count). The van der Waals surface area contributed by atoms with Crippen LogP contribution in [0, 0.1) is 6.92 Å². The zero-order chi connectivity index (χ0) is 34.2. The second-order valence-corrected chi connectivity index (χ2v) is 14.2. The van der Waals surface area contributed by atoms with Gasteiger partial charge in [0.25, 0.3) is 0 Å². The first-order valence-electron chi connectivity index (χ1n) is 17.0. The van der Waals surface area contributed by atoms with Crippen LogP contribution in [0.1, 0.15) is 88.1 Å². The summed E-state index contributed by atoms with van der Waals surface area (Å²) in [7, 11) is -3.42. The van der Waals surface area contributed by atoms with E-state index in [9.17, 15) is 26.4 Å². The highest BCUT2D eigenvalue weighted by Gasteiger charge is 2.35. The zero-order valence-corrected chi connectivity index (χ0v) is 28.9. The van der Waals surface area contributed by atoms with Crippen LogP contribution in [0.3, 0.4) is 0 Å². The first kappa shape index (κ1) is 36.7. The molecule has 0 bridgehead atoms. The van der Waals surface area contributed by atoms with Gasteiger partial charge in [0.2, 0.25) is 15.6 Å². The molecule has 0 saturated heterocycles. The van der Waals surface area contributed by atoms with Crippen LogP contribution in [-0.2, 0) is 35.6 Å². The molecule has 2 N–H and O–H groups in total. The molecule has 0 radical (unpaired) electrons. The first-order valence-corrected chi connectivity index (χ1v) is 18.4. The van der Waals surface area contributed by atoms with E-state index < -0.39 is 27.3 Å². The number of benzene rings is 2. The van der Waals surface area contributed by atoms with Gasteiger partial charge in [-0.2, -0.15) is 17.5 Å². The van der Waals surface area contributed by atoms with Gasteiger partial charge in [-0.3, -0.25) is 4.79 Å². The minimum absolute atomic E-state index is 0.0766. The number of hydrogen-bond donors (Lipinski definition) is 2. The lowest BCUT2D eigenvalue weighted by Crippen LogP contribution is -2.30. The molecule has 2 aromatic heterocycles. The molecular formula is C36H49F3N4O3S. The first-order chi connectivity index (χ1) is 22.4. The van der Waals surface area contributed by atoms with Crippen LogP contribution >= 0.6 is 0 Å². The van der Waals surface area contributed by atoms with E-state index in [4.69, 9.17) is 0 Å². The number of H-pyrrole nitrogens is 1. The van der Waals surface area contributed by atoms with Gasteiger partial charge in [0.05, 0.1) is 10.5 Å². The maximum absolute atomic E-state index is 14.0. The number of aromatic nitrogens is 2. The number of nitrogens with zero attached hydrogens (tertiary/aromatic N) is 2. The van der Waals surface area contributed by atoms with Crippen LogP contribution in [0.15, 0.2) is 52.2 Å². The Morgan fingerprint density at radius 1 is 0.851 bits per heavy atom. The maximum Gasteiger partial charge on any atom is 0.417 e. The summed E-state index contributed by atoms with van der Waals surface area (Å²) in [4.78, 5) is 14.9. The number of fused-ring (bicyclic) bond motifs is 3. The van der Waals surface area contributed by atoms with Crippen molar-refractivity contribution in [2.75, 3.05) is 26.2 Å². The van der Waals surface area contributed by atoms with E-state index in [-0.39, 0.29) is 10.9 Å². The summed E-state index contributed by atoms with van der Waals surface area (Å²) in [5, 5.41) is 4.14. The van der Waals surface area contributed by atoms with E-state index in [0.717, 1.165) is 86.9 Å². The average molecular weight is 675 g/mol. The lowest BCUT2D eigenvalue weighted by Gasteiger charge is -2.18. The third-order valence-electron chi connectivity index (χ3n) is 9.14. The molecule has 11 heteroatoms. The lowest BCUT2D eigenvalue weighted by molar-refractivity contribution is -0.136. The standard InChI is InChI=1S/C36H49F3N4O3S/c1-5-31-26(4)34-32(20-19-30-35(34)29(36(37,38)39)25-33(44)41-30)43(31)24-14-12-10-8-9-11-13-22-40-23-21-27-15-17-28(18-16-27)47(45,46)42(6-2)7-3/h15-20,25,40H,5-14,21-24H2,1-4H3,(H,41,44). The summed E-state index contributed by atoms with van der Waals surface area (Å²) in [6, 6.07) is 11.3. The maximum atomic E-state index is 14.0. The Balaban J connectivity index is 1.18. The molecule has 0 saturated carbocycles. The Morgan fingerprint density at radius 3 is 2.11 bits per heavy atom. The van der Waals surface area contributed by atoms with Gasteiger partial charge < -0.3 is 14.9 Å². The Morgan fingerprint density at radius 2 is 1.49 bits per heavy atom. The van der Waals surface area contributed by atoms with Crippen LogP contribution in [0.2, 0.25) is 0 Å². The van der Waals surface area contributed by atoms with E-state index in [1.807, 2.05) is 45.9 Å². The summed E-state index contributed by atoms with van der Waals surface area (Å²) < 4.78 is 70.8. The quantitative estimate of drug-likeness (QED) is 0.105. The van der Waals surface area contributed by atoms with Gasteiger partial charge in [-0.25, -0.2) is 8.42 Å². The molecule has 0 unspecified atom stereocenters. The fraction of sp³-hybridized carbons (Fsp3) is 0.528. The van der Waals surface area contributed by atoms with Crippen LogP contribution in [-0.4, -0.2) is 48.5 Å². The van der Waals surface area contributed by atoms with Gasteiger partial charge in [-0.05, 0) is 81.1 Å². The van der Waals surface area contributed by atoms with Crippen molar-refractivity contribution in [3.63, 3.8) is 0 Å².